The van der Waals surface area contributed by atoms with Crippen LogP contribution in [0.5, 0.6) is 0 Å². The van der Waals surface area contributed by atoms with Crippen LogP contribution in [0.25, 0.3) is 0 Å². The monoisotopic (exact) mass is 181 g/mol. The Hall–Kier alpha value is -0.590. The van der Waals surface area contributed by atoms with Crippen LogP contribution in [0.3, 0.4) is 0 Å². The second-order valence-corrected chi connectivity index (χ2v) is 3.98. The van der Waals surface area contributed by atoms with Gasteiger partial charge in [0.25, 0.3) is 0 Å². The van der Waals surface area contributed by atoms with Gasteiger partial charge in [-0.15, -0.1) is 0 Å². The molecule has 0 N–H and O–H groups in total. The van der Waals surface area contributed by atoms with E-state index in [2.05, 4.69) is 30.0 Å². The van der Waals surface area contributed by atoms with Gasteiger partial charge in [0.15, 0.2) is 0 Å². The summed E-state index contributed by atoms with van der Waals surface area (Å²) in [6.07, 6.45) is 3.43. The zero-order chi connectivity index (χ0) is 9.68. The van der Waals surface area contributed by atoms with E-state index in [1.54, 1.807) is 0 Å². The molecule has 0 amide bonds. The average molecular weight is 181 g/mol. The Bertz CT molecular complexity index is 183. The third-order valence-electron chi connectivity index (χ3n) is 2.56. The highest BCUT2D eigenvalue weighted by Crippen LogP contribution is 2.16. The average Bonchev–Trinajstić information content (AvgIpc) is 2.51. The first kappa shape index (κ1) is 10.5. The molecule has 1 heterocycles. The molecule has 13 heavy (non-hydrogen) atoms. The molecule has 1 rings (SSSR count). The summed E-state index contributed by atoms with van der Waals surface area (Å²) >= 11 is 0. The number of hydrogen-bond acceptors (Lipinski definition) is 3. The zero-order valence-electron chi connectivity index (χ0n) is 8.66. The van der Waals surface area contributed by atoms with Crippen molar-refractivity contribution in [1.82, 2.24) is 9.80 Å². The van der Waals surface area contributed by atoms with Crippen LogP contribution >= 0.6 is 0 Å². The summed E-state index contributed by atoms with van der Waals surface area (Å²) in [7, 11) is 4.18. The zero-order valence-corrected chi connectivity index (χ0v) is 8.66. The van der Waals surface area contributed by atoms with Crippen molar-refractivity contribution in [3.05, 3.63) is 0 Å². The van der Waals surface area contributed by atoms with Crippen LogP contribution in [-0.4, -0.2) is 49.6 Å². The van der Waals surface area contributed by atoms with Gasteiger partial charge in [-0.05, 0) is 46.4 Å². The molecule has 0 spiro atoms. The Balaban J connectivity index is 2.17. The molecule has 0 aliphatic carbocycles. The Morgan fingerprint density at radius 3 is 2.92 bits per heavy atom. The maximum Gasteiger partial charge on any atom is 0.0978 e. The summed E-state index contributed by atoms with van der Waals surface area (Å²) < 4.78 is 0. The standard InChI is InChI=1S/C10H19N3/c1-12(2)6-4-8-13-7-3-5-10(13)9-11/h10H,3-8H2,1-2H3. The quantitative estimate of drug-likeness (QED) is 0.646. The summed E-state index contributed by atoms with van der Waals surface area (Å²) in [5.74, 6) is 0. The van der Waals surface area contributed by atoms with Gasteiger partial charge in [0.2, 0.25) is 0 Å². The smallest absolute Gasteiger partial charge is 0.0978 e. The molecule has 74 valence electrons. The maximum atomic E-state index is 8.84. The van der Waals surface area contributed by atoms with Crippen molar-refractivity contribution in [1.29, 1.82) is 5.26 Å². The van der Waals surface area contributed by atoms with Gasteiger partial charge in [-0.1, -0.05) is 0 Å². The number of hydrogen-bond donors (Lipinski definition) is 0. The van der Waals surface area contributed by atoms with E-state index in [9.17, 15) is 0 Å². The third kappa shape index (κ3) is 3.33. The molecule has 0 aromatic carbocycles. The SMILES string of the molecule is CN(C)CCCN1CCCC1C#N. The number of rotatable bonds is 4. The van der Waals surface area contributed by atoms with E-state index in [1.165, 1.54) is 12.8 Å². The van der Waals surface area contributed by atoms with Crippen LogP contribution < -0.4 is 0 Å². The normalized spacial score (nSPS) is 23.7. The van der Waals surface area contributed by atoms with E-state index in [-0.39, 0.29) is 6.04 Å². The first-order valence-electron chi connectivity index (χ1n) is 5.02. The van der Waals surface area contributed by atoms with E-state index in [0.29, 0.717) is 0 Å². The lowest BCUT2D eigenvalue weighted by molar-refractivity contribution is 0.271. The summed E-state index contributed by atoms with van der Waals surface area (Å²) in [5, 5.41) is 8.84. The fourth-order valence-electron chi connectivity index (χ4n) is 1.83. The first-order valence-corrected chi connectivity index (χ1v) is 5.02. The van der Waals surface area contributed by atoms with Crippen LogP contribution in [0.1, 0.15) is 19.3 Å². The van der Waals surface area contributed by atoms with E-state index >= 15 is 0 Å². The highest BCUT2D eigenvalue weighted by atomic mass is 15.2. The molecule has 0 aromatic rings. The summed E-state index contributed by atoms with van der Waals surface area (Å²) in [6.45, 7) is 3.32. The molecule has 1 fully saturated rings. The van der Waals surface area contributed by atoms with Crippen LogP contribution in [-0.2, 0) is 0 Å². The second kappa shape index (κ2) is 5.21. The predicted octanol–water partition coefficient (Wildman–Crippen LogP) is 0.926. The number of nitriles is 1. The van der Waals surface area contributed by atoms with Crippen molar-refractivity contribution in [2.75, 3.05) is 33.7 Å². The van der Waals surface area contributed by atoms with Gasteiger partial charge in [-0.25, -0.2) is 0 Å². The van der Waals surface area contributed by atoms with E-state index < -0.39 is 0 Å². The number of nitrogens with zero attached hydrogens (tertiary/aromatic N) is 3. The van der Waals surface area contributed by atoms with Crippen LogP contribution in [0.2, 0.25) is 0 Å². The van der Waals surface area contributed by atoms with Gasteiger partial charge < -0.3 is 4.90 Å². The van der Waals surface area contributed by atoms with Gasteiger partial charge in [-0.3, -0.25) is 4.90 Å². The summed E-state index contributed by atoms with van der Waals surface area (Å²) in [4.78, 5) is 4.50. The fourth-order valence-corrected chi connectivity index (χ4v) is 1.83. The van der Waals surface area contributed by atoms with Crippen LogP contribution in [0, 0.1) is 11.3 Å². The minimum absolute atomic E-state index is 0.196. The molecule has 0 saturated carbocycles. The molecular weight excluding hydrogens is 162 g/mol. The number of likely N-dealkylation sites (tertiary alicyclic amines) is 1. The van der Waals surface area contributed by atoms with Crippen molar-refractivity contribution in [3.8, 4) is 6.07 Å². The van der Waals surface area contributed by atoms with Gasteiger partial charge in [0.05, 0.1) is 12.1 Å². The molecular formula is C10H19N3. The molecule has 1 aliphatic rings. The molecule has 1 unspecified atom stereocenters. The maximum absolute atomic E-state index is 8.84. The lowest BCUT2D eigenvalue weighted by atomic mass is 10.2. The molecule has 1 aliphatic heterocycles. The van der Waals surface area contributed by atoms with E-state index in [4.69, 9.17) is 5.26 Å². The lowest BCUT2D eigenvalue weighted by Crippen LogP contribution is -2.30. The molecule has 0 radical (unpaired) electrons. The molecule has 1 saturated heterocycles. The van der Waals surface area contributed by atoms with E-state index in [0.717, 1.165) is 26.1 Å². The van der Waals surface area contributed by atoms with Gasteiger partial charge in [-0.2, -0.15) is 5.26 Å². The lowest BCUT2D eigenvalue weighted by Gasteiger charge is -2.19. The highest BCUT2D eigenvalue weighted by molar-refractivity contribution is 4.95. The van der Waals surface area contributed by atoms with Crippen molar-refractivity contribution in [3.63, 3.8) is 0 Å². The Labute approximate surface area is 80.9 Å². The highest BCUT2D eigenvalue weighted by Gasteiger charge is 2.22. The van der Waals surface area contributed by atoms with Gasteiger partial charge >= 0.3 is 0 Å². The molecule has 3 heteroatoms. The van der Waals surface area contributed by atoms with Gasteiger partial charge in [0, 0.05) is 6.54 Å². The Kier molecular flexibility index (Phi) is 4.20. The molecule has 1 atom stereocenters. The minimum Gasteiger partial charge on any atom is -0.309 e. The van der Waals surface area contributed by atoms with Gasteiger partial charge in [0.1, 0.15) is 0 Å². The van der Waals surface area contributed by atoms with Crippen molar-refractivity contribution >= 4 is 0 Å². The molecule has 0 aromatic heterocycles. The van der Waals surface area contributed by atoms with Crippen molar-refractivity contribution < 1.29 is 0 Å². The summed E-state index contributed by atoms with van der Waals surface area (Å²) in [5.41, 5.74) is 0. The largest absolute Gasteiger partial charge is 0.309 e. The minimum atomic E-state index is 0.196. The molecule has 0 bridgehead atoms. The topological polar surface area (TPSA) is 30.3 Å². The third-order valence-corrected chi connectivity index (χ3v) is 2.56. The van der Waals surface area contributed by atoms with E-state index in [1.807, 2.05) is 0 Å². The van der Waals surface area contributed by atoms with Crippen LogP contribution in [0.15, 0.2) is 0 Å². The first-order chi connectivity index (χ1) is 6.24. The van der Waals surface area contributed by atoms with Crippen molar-refractivity contribution in [2.24, 2.45) is 0 Å². The summed E-state index contributed by atoms with van der Waals surface area (Å²) in [6, 6.07) is 2.56. The Morgan fingerprint density at radius 2 is 2.31 bits per heavy atom. The van der Waals surface area contributed by atoms with Crippen LogP contribution in [0.4, 0.5) is 0 Å². The predicted molar refractivity (Wildman–Crippen MR) is 53.4 cm³/mol. The molecule has 3 nitrogen and oxygen atoms in total. The van der Waals surface area contributed by atoms with Crippen molar-refractivity contribution in [2.45, 2.75) is 25.3 Å². The fraction of sp³-hybridized carbons (Fsp3) is 0.900. The second-order valence-electron chi connectivity index (χ2n) is 3.98. The Morgan fingerprint density at radius 1 is 1.54 bits per heavy atom.